The van der Waals surface area contributed by atoms with Gasteiger partial charge in [0.1, 0.15) is 11.5 Å². The van der Waals surface area contributed by atoms with Crippen molar-refractivity contribution in [3.8, 4) is 0 Å². The first-order valence-electron chi connectivity index (χ1n) is 6.97. The lowest BCUT2D eigenvalue weighted by Crippen LogP contribution is -2.51. The number of aromatic nitrogens is 1. The Morgan fingerprint density at radius 1 is 1.45 bits per heavy atom. The average molecular weight is 281 g/mol. The van der Waals surface area contributed by atoms with Gasteiger partial charge in [0, 0.05) is 6.54 Å². The number of nitrogens with zero attached hydrogens (tertiary/aromatic N) is 1. The fraction of sp³-hybridized carbons (Fsp3) is 0.714. The molecule has 3 N–H and O–H groups in total. The van der Waals surface area contributed by atoms with Crippen molar-refractivity contribution in [2.75, 3.05) is 6.54 Å². The van der Waals surface area contributed by atoms with E-state index < -0.39 is 5.60 Å². The Morgan fingerprint density at radius 2 is 2.20 bits per heavy atom. The van der Waals surface area contributed by atoms with Gasteiger partial charge in [0.25, 0.3) is 0 Å². The van der Waals surface area contributed by atoms with E-state index in [1.165, 1.54) is 6.39 Å². The molecule has 0 bridgehead atoms. The van der Waals surface area contributed by atoms with Crippen LogP contribution in [0.25, 0.3) is 0 Å². The Labute approximate surface area is 119 Å². The first-order chi connectivity index (χ1) is 9.34. The topological polar surface area (TPSA) is 87.4 Å². The smallest absolute Gasteiger partial charge is 0.315 e. The van der Waals surface area contributed by atoms with Crippen LogP contribution in [0.3, 0.4) is 0 Å². The molecule has 1 aliphatic carbocycles. The fourth-order valence-electron chi connectivity index (χ4n) is 2.67. The van der Waals surface area contributed by atoms with Gasteiger partial charge in [-0.05, 0) is 31.6 Å². The number of rotatable bonds is 4. The van der Waals surface area contributed by atoms with Crippen LogP contribution in [0.2, 0.25) is 0 Å². The Morgan fingerprint density at radius 3 is 2.75 bits per heavy atom. The van der Waals surface area contributed by atoms with Crippen molar-refractivity contribution in [1.82, 2.24) is 15.6 Å². The predicted octanol–water partition coefficient (Wildman–Crippen LogP) is 1.72. The first kappa shape index (κ1) is 14.8. The zero-order valence-corrected chi connectivity index (χ0v) is 12.3. The van der Waals surface area contributed by atoms with E-state index in [1.807, 2.05) is 13.8 Å². The number of nitrogens with one attached hydrogen (secondary N) is 2. The largest absolute Gasteiger partial charge is 0.448 e. The molecule has 1 fully saturated rings. The van der Waals surface area contributed by atoms with Crippen molar-refractivity contribution in [3.05, 3.63) is 17.8 Å². The third-order valence-electron chi connectivity index (χ3n) is 4.45. The molecule has 112 valence electrons. The number of amides is 2. The molecule has 1 heterocycles. The van der Waals surface area contributed by atoms with Gasteiger partial charge in [0.2, 0.25) is 0 Å². The summed E-state index contributed by atoms with van der Waals surface area (Å²) >= 11 is 0. The van der Waals surface area contributed by atoms with E-state index in [0.717, 1.165) is 19.3 Å². The first-order valence-corrected chi connectivity index (χ1v) is 6.97. The molecule has 0 saturated heterocycles. The van der Waals surface area contributed by atoms with Crippen molar-refractivity contribution in [2.45, 2.75) is 52.2 Å². The number of aryl methyl sites for hydroxylation is 1. The second-order valence-corrected chi connectivity index (χ2v) is 6.16. The third kappa shape index (κ3) is 2.95. The molecule has 6 heteroatoms. The molecule has 1 unspecified atom stereocenters. The molecule has 1 atom stereocenters. The Hall–Kier alpha value is -1.56. The van der Waals surface area contributed by atoms with E-state index in [0.29, 0.717) is 18.0 Å². The van der Waals surface area contributed by atoms with Crippen LogP contribution in [0.4, 0.5) is 4.79 Å². The SMILES string of the molecule is Cc1ocnc1CNC(=O)NCC1(O)CCCC1(C)C. The molecule has 1 saturated carbocycles. The minimum absolute atomic E-state index is 0.164. The summed E-state index contributed by atoms with van der Waals surface area (Å²) in [5, 5.41) is 16.0. The zero-order chi connectivity index (χ0) is 14.8. The van der Waals surface area contributed by atoms with Crippen LogP contribution in [0, 0.1) is 12.3 Å². The van der Waals surface area contributed by atoms with Gasteiger partial charge in [-0.3, -0.25) is 0 Å². The Kier molecular flexibility index (Phi) is 4.04. The van der Waals surface area contributed by atoms with Crippen molar-refractivity contribution < 1.29 is 14.3 Å². The second-order valence-electron chi connectivity index (χ2n) is 6.16. The molecule has 0 radical (unpaired) electrons. The van der Waals surface area contributed by atoms with E-state index in [2.05, 4.69) is 15.6 Å². The van der Waals surface area contributed by atoms with Gasteiger partial charge < -0.3 is 20.2 Å². The third-order valence-corrected chi connectivity index (χ3v) is 4.45. The van der Waals surface area contributed by atoms with Gasteiger partial charge in [-0.1, -0.05) is 13.8 Å². The molecular formula is C14H23N3O3. The standard InChI is InChI=1S/C14H23N3O3/c1-10-11(17-9-20-10)7-15-12(18)16-8-14(19)6-4-5-13(14,2)3/h9,19H,4-8H2,1-3H3,(H2,15,16,18). The normalized spacial score (nSPS) is 24.6. The van der Waals surface area contributed by atoms with Crippen LogP contribution in [-0.4, -0.2) is 28.3 Å². The molecule has 0 aromatic carbocycles. The molecule has 0 aliphatic heterocycles. The maximum Gasteiger partial charge on any atom is 0.315 e. The van der Waals surface area contributed by atoms with Crippen LogP contribution in [0.15, 0.2) is 10.8 Å². The van der Waals surface area contributed by atoms with E-state index in [1.54, 1.807) is 6.92 Å². The summed E-state index contributed by atoms with van der Waals surface area (Å²) in [6.45, 7) is 6.46. The maximum absolute atomic E-state index is 11.8. The quantitative estimate of drug-likeness (QED) is 0.784. The number of carbonyl (C=O) groups is 1. The van der Waals surface area contributed by atoms with E-state index in [-0.39, 0.29) is 18.0 Å². The Balaban J connectivity index is 1.80. The zero-order valence-electron chi connectivity index (χ0n) is 12.3. The van der Waals surface area contributed by atoms with Crippen LogP contribution in [0.5, 0.6) is 0 Å². The highest BCUT2D eigenvalue weighted by Crippen LogP contribution is 2.45. The lowest BCUT2D eigenvalue weighted by atomic mass is 9.78. The highest BCUT2D eigenvalue weighted by Gasteiger charge is 2.47. The summed E-state index contributed by atoms with van der Waals surface area (Å²) in [5.74, 6) is 0.695. The summed E-state index contributed by atoms with van der Waals surface area (Å²) in [5.41, 5.74) is -0.281. The van der Waals surface area contributed by atoms with Gasteiger partial charge in [-0.2, -0.15) is 0 Å². The Bertz CT molecular complexity index is 484. The average Bonchev–Trinajstić information content (AvgIpc) is 2.89. The highest BCUT2D eigenvalue weighted by atomic mass is 16.3. The molecule has 0 spiro atoms. The maximum atomic E-state index is 11.8. The van der Waals surface area contributed by atoms with E-state index >= 15 is 0 Å². The van der Waals surface area contributed by atoms with E-state index in [4.69, 9.17) is 4.42 Å². The van der Waals surface area contributed by atoms with Crippen molar-refractivity contribution in [2.24, 2.45) is 5.41 Å². The summed E-state index contributed by atoms with van der Waals surface area (Å²) in [6, 6.07) is -0.302. The lowest BCUT2D eigenvalue weighted by Gasteiger charge is -2.36. The van der Waals surface area contributed by atoms with Gasteiger partial charge in [0.05, 0.1) is 12.1 Å². The number of urea groups is 1. The number of aliphatic hydroxyl groups is 1. The lowest BCUT2D eigenvalue weighted by molar-refractivity contribution is -0.0385. The molecule has 6 nitrogen and oxygen atoms in total. The summed E-state index contributed by atoms with van der Waals surface area (Å²) in [7, 11) is 0. The van der Waals surface area contributed by atoms with Crippen LogP contribution in [-0.2, 0) is 6.54 Å². The number of hydrogen-bond donors (Lipinski definition) is 3. The molecule has 1 aromatic heterocycles. The van der Waals surface area contributed by atoms with Gasteiger partial charge in [-0.15, -0.1) is 0 Å². The highest BCUT2D eigenvalue weighted by molar-refractivity contribution is 5.73. The predicted molar refractivity (Wildman–Crippen MR) is 74.1 cm³/mol. The van der Waals surface area contributed by atoms with Gasteiger partial charge in [0.15, 0.2) is 6.39 Å². The van der Waals surface area contributed by atoms with Crippen molar-refractivity contribution in [1.29, 1.82) is 0 Å². The monoisotopic (exact) mass is 281 g/mol. The van der Waals surface area contributed by atoms with Crippen LogP contribution < -0.4 is 10.6 Å². The van der Waals surface area contributed by atoms with Gasteiger partial charge >= 0.3 is 6.03 Å². The molecule has 20 heavy (non-hydrogen) atoms. The van der Waals surface area contributed by atoms with Crippen molar-refractivity contribution >= 4 is 6.03 Å². The molecule has 2 rings (SSSR count). The minimum atomic E-state index is -0.825. The molecule has 1 aromatic rings. The summed E-state index contributed by atoms with van der Waals surface area (Å²) in [6.07, 6.45) is 4.05. The van der Waals surface area contributed by atoms with Gasteiger partial charge in [-0.25, -0.2) is 9.78 Å². The molecular weight excluding hydrogens is 258 g/mol. The van der Waals surface area contributed by atoms with Crippen molar-refractivity contribution in [3.63, 3.8) is 0 Å². The number of oxazole rings is 1. The number of carbonyl (C=O) groups excluding carboxylic acids is 1. The van der Waals surface area contributed by atoms with Crippen LogP contribution >= 0.6 is 0 Å². The molecule has 1 aliphatic rings. The van der Waals surface area contributed by atoms with Crippen LogP contribution in [0.1, 0.15) is 44.6 Å². The van der Waals surface area contributed by atoms with E-state index in [9.17, 15) is 9.90 Å². The fourth-order valence-corrected chi connectivity index (χ4v) is 2.67. The summed E-state index contributed by atoms with van der Waals surface area (Å²) in [4.78, 5) is 15.8. The molecule has 2 amide bonds. The number of hydrogen-bond acceptors (Lipinski definition) is 4. The summed E-state index contributed by atoms with van der Waals surface area (Å²) < 4.78 is 5.06. The minimum Gasteiger partial charge on any atom is -0.448 e. The second kappa shape index (κ2) is 5.44.